The van der Waals surface area contributed by atoms with E-state index in [1.54, 1.807) is 19.2 Å². The number of benzene rings is 1. The van der Waals surface area contributed by atoms with Crippen LogP contribution in [-0.4, -0.2) is 60.9 Å². The van der Waals surface area contributed by atoms with Crippen LogP contribution in [0.2, 0.25) is 0 Å². The molecule has 1 amide bonds. The van der Waals surface area contributed by atoms with Crippen molar-refractivity contribution in [3.05, 3.63) is 59.9 Å². The smallest absolute Gasteiger partial charge is 0.238 e. The molecule has 1 fully saturated rings. The van der Waals surface area contributed by atoms with Crippen LogP contribution in [-0.2, 0) is 38.9 Å². The van der Waals surface area contributed by atoms with Gasteiger partial charge in [-0.25, -0.2) is 8.42 Å². The van der Waals surface area contributed by atoms with Crippen molar-refractivity contribution in [1.82, 2.24) is 13.8 Å². The molecule has 0 spiro atoms. The minimum atomic E-state index is -3.63. The lowest BCUT2D eigenvalue weighted by Crippen LogP contribution is -2.44. The molecule has 0 bridgehead atoms. The third-order valence-corrected chi connectivity index (χ3v) is 7.14. The molecule has 0 radical (unpaired) electrons. The molecule has 1 aliphatic rings. The lowest BCUT2D eigenvalue weighted by Gasteiger charge is -2.27. The van der Waals surface area contributed by atoms with Gasteiger partial charge in [0.25, 0.3) is 0 Å². The minimum absolute atomic E-state index is 0.116. The molecule has 0 saturated heterocycles. The number of hydrogen-bond donors (Lipinski definition) is 0. The largest absolute Gasteiger partial charge is 0.385 e. The zero-order valence-corrected chi connectivity index (χ0v) is 18.6. The van der Waals surface area contributed by atoms with Gasteiger partial charge in [-0.3, -0.25) is 4.79 Å². The van der Waals surface area contributed by atoms with Crippen LogP contribution in [0.25, 0.3) is 0 Å². The van der Waals surface area contributed by atoms with E-state index in [9.17, 15) is 13.2 Å². The molecule has 3 rings (SSSR count). The highest BCUT2D eigenvalue weighted by atomic mass is 32.2. The standard InChI is InChI=1S/C22H31N3O4S/c1-23-13-6-10-21(23)16-25(20-11-12-20)22(26)17-24(14-7-15-29-2)30(27,28)18-19-8-4-3-5-9-19/h3-6,8-10,13,20H,7,11-12,14-18H2,1-2H3. The Bertz CT molecular complexity index is 923. The minimum Gasteiger partial charge on any atom is -0.385 e. The average molecular weight is 434 g/mol. The summed E-state index contributed by atoms with van der Waals surface area (Å²) in [6.45, 7) is 1.07. The SMILES string of the molecule is COCCCN(CC(=O)N(Cc1cccn1C)C1CC1)S(=O)(=O)Cc1ccccc1. The highest BCUT2D eigenvalue weighted by Gasteiger charge is 2.35. The van der Waals surface area contributed by atoms with Gasteiger partial charge in [0, 0.05) is 45.2 Å². The van der Waals surface area contributed by atoms with Crippen molar-refractivity contribution in [1.29, 1.82) is 0 Å². The summed E-state index contributed by atoms with van der Waals surface area (Å²) in [6.07, 6.45) is 4.43. The highest BCUT2D eigenvalue weighted by molar-refractivity contribution is 7.88. The summed E-state index contributed by atoms with van der Waals surface area (Å²) >= 11 is 0. The van der Waals surface area contributed by atoms with Gasteiger partial charge in [-0.05, 0) is 37.0 Å². The van der Waals surface area contributed by atoms with Gasteiger partial charge in [0.1, 0.15) is 0 Å². The molecule has 0 N–H and O–H groups in total. The molecule has 1 aromatic heterocycles. The number of sulfonamides is 1. The number of ether oxygens (including phenoxy) is 1. The van der Waals surface area contributed by atoms with Gasteiger partial charge >= 0.3 is 0 Å². The van der Waals surface area contributed by atoms with Crippen LogP contribution in [0.3, 0.4) is 0 Å². The number of aromatic nitrogens is 1. The van der Waals surface area contributed by atoms with Crippen molar-refractivity contribution in [2.45, 2.75) is 37.6 Å². The molecule has 0 aliphatic heterocycles. The monoisotopic (exact) mass is 433 g/mol. The molecular formula is C22H31N3O4S. The van der Waals surface area contributed by atoms with Gasteiger partial charge in [0.15, 0.2) is 0 Å². The molecule has 2 aromatic rings. The molecule has 30 heavy (non-hydrogen) atoms. The first kappa shape index (κ1) is 22.5. The lowest BCUT2D eigenvalue weighted by atomic mass is 10.2. The number of hydrogen-bond acceptors (Lipinski definition) is 4. The third-order valence-electron chi connectivity index (χ3n) is 5.34. The Hall–Kier alpha value is -2.16. The fourth-order valence-corrected chi connectivity index (χ4v) is 4.97. The van der Waals surface area contributed by atoms with Gasteiger partial charge in [0.2, 0.25) is 15.9 Å². The zero-order chi connectivity index (χ0) is 21.6. The quantitative estimate of drug-likeness (QED) is 0.482. The number of carbonyl (C=O) groups excluding carboxylic acids is 1. The number of amides is 1. The summed E-state index contributed by atoms with van der Waals surface area (Å²) in [6, 6.07) is 13.2. The fourth-order valence-electron chi connectivity index (χ4n) is 3.46. The molecule has 164 valence electrons. The van der Waals surface area contributed by atoms with Gasteiger partial charge in [-0.1, -0.05) is 30.3 Å². The molecule has 1 aromatic carbocycles. The van der Waals surface area contributed by atoms with E-state index in [1.807, 2.05) is 53.0 Å². The summed E-state index contributed by atoms with van der Waals surface area (Å²) < 4.78 is 34.6. The molecule has 1 aliphatic carbocycles. The number of aryl methyl sites for hydroxylation is 1. The van der Waals surface area contributed by atoms with E-state index < -0.39 is 10.0 Å². The first-order valence-electron chi connectivity index (χ1n) is 10.3. The highest BCUT2D eigenvalue weighted by Crippen LogP contribution is 2.29. The molecule has 1 saturated carbocycles. The van der Waals surface area contributed by atoms with E-state index in [0.717, 1.165) is 18.5 Å². The summed E-state index contributed by atoms with van der Waals surface area (Å²) in [4.78, 5) is 15.0. The van der Waals surface area contributed by atoms with E-state index in [4.69, 9.17) is 4.74 Å². The van der Waals surface area contributed by atoms with E-state index >= 15 is 0 Å². The Labute approximate surface area is 179 Å². The van der Waals surface area contributed by atoms with Crippen LogP contribution in [0.5, 0.6) is 0 Å². The van der Waals surface area contributed by atoms with Crippen LogP contribution in [0.1, 0.15) is 30.5 Å². The summed E-state index contributed by atoms with van der Waals surface area (Å²) in [5.41, 5.74) is 1.75. The molecule has 0 unspecified atom stereocenters. The number of nitrogens with zero attached hydrogens (tertiary/aromatic N) is 3. The van der Waals surface area contributed by atoms with Crippen molar-refractivity contribution in [3.8, 4) is 0 Å². The van der Waals surface area contributed by atoms with Crippen LogP contribution in [0.15, 0.2) is 48.7 Å². The van der Waals surface area contributed by atoms with Crippen LogP contribution in [0, 0.1) is 0 Å². The second-order valence-electron chi connectivity index (χ2n) is 7.78. The van der Waals surface area contributed by atoms with Crippen molar-refractivity contribution < 1.29 is 17.9 Å². The Morgan fingerprint density at radius 1 is 1.17 bits per heavy atom. The first-order chi connectivity index (χ1) is 14.4. The van der Waals surface area contributed by atoms with Crippen molar-refractivity contribution >= 4 is 15.9 Å². The van der Waals surface area contributed by atoms with Crippen molar-refractivity contribution in [2.24, 2.45) is 7.05 Å². The fraction of sp³-hybridized carbons (Fsp3) is 0.500. The van der Waals surface area contributed by atoms with E-state index in [-0.39, 0.29) is 30.8 Å². The summed E-state index contributed by atoms with van der Waals surface area (Å²) in [7, 11) is -0.0983. The van der Waals surface area contributed by atoms with Gasteiger partial charge in [-0.15, -0.1) is 0 Å². The van der Waals surface area contributed by atoms with Gasteiger partial charge < -0.3 is 14.2 Å². The predicted molar refractivity (Wildman–Crippen MR) is 116 cm³/mol. The van der Waals surface area contributed by atoms with Gasteiger partial charge in [-0.2, -0.15) is 4.31 Å². The normalized spacial score (nSPS) is 14.2. The molecule has 8 heteroatoms. The topological polar surface area (TPSA) is 71.8 Å². The van der Waals surface area contributed by atoms with Crippen molar-refractivity contribution in [3.63, 3.8) is 0 Å². The zero-order valence-electron chi connectivity index (χ0n) is 17.7. The molecule has 7 nitrogen and oxygen atoms in total. The number of carbonyl (C=O) groups is 1. The average Bonchev–Trinajstić information content (AvgIpc) is 3.47. The molecule has 1 heterocycles. The Balaban J connectivity index is 1.73. The third kappa shape index (κ3) is 6.17. The molecule has 0 atom stereocenters. The summed E-state index contributed by atoms with van der Waals surface area (Å²) in [5.74, 6) is -0.261. The van der Waals surface area contributed by atoms with E-state index in [1.165, 1.54) is 4.31 Å². The first-order valence-corrected chi connectivity index (χ1v) is 11.9. The number of methoxy groups -OCH3 is 1. The van der Waals surface area contributed by atoms with E-state index in [2.05, 4.69) is 0 Å². The predicted octanol–water partition coefficient (Wildman–Crippen LogP) is 2.38. The Morgan fingerprint density at radius 2 is 1.90 bits per heavy atom. The Morgan fingerprint density at radius 3 is 2.50 bits per heavy atom. The van der Waals surface area contributed by atoms with E-state index in [0.29, 0.717) is 25.1 Å². The van der Waals surface area contributed by atoms with Crippen LogP contribution >= 0.6 is 0 Å². The summed E-state index contributed by atoms with van der Waals surface area (Å²) in [5, 5.41) is 0. The second-order valence-corrected chi connectivity index (χ2v) is 9.75. The maximum atomic E-state index is 13.2. The molecular weight excluding hydrogens is 402 g/mol. The second kappa shape index (κ2) is 10.2. The lowest BCUT2D eigenvalue weighted by molar-refractivity contribution is -0.132. The maximum absolute atomic E-state index is 13.2. The maximum Gasteiger partial charge on any atom is 0.238 e. The van der Waals surface area contributed by atoms with Crippen LogP contribution in [0.4, 0.5) is 0 Å². The van der Waals surface area contributed by atoms with Gasteiger partial charge in [0.05, 0.1) is 18.8 Å². The number of rotatable bonds is 12. The van der Waals surface area contributed by atoms with Crippen LogP contribution < -0.4 is 0 Å². The Kier molecular flexibility index (Phi) is 7.69. The van der Waals surface area contributed by atoms with Crippen molar-refractivity contribution in [2.75, 3.05) is 26.8 Å².